The molecule has 0 unspecified atom stereocenters. The number of benzene rings is 2. The lowest BCUT2D eigenvalue weighted by molar-refractivity contribution is -0.111. The molecular weight excluding hydrogens is 371 g/mol. The van der Waals surface area contributed by atoms with Gasteiger partial charge in [-0.1, -0.05) is 24.3 Å². The third-order valence-corrected chi connectivity index (χ3v) is 3.66. The highest BCUT2D eigenvalue weighted by Gasteiger charge is 2.05. The Morgan fingerprint density at radius 2 is 1.96 bits per heavy atom. The maximum absolute atomic E-state index is 13.2. The maximum atomic E-state index is 13.2. The van der Waals surface area contributed by atoms with Crippen LogP contribution in [0.2, 0.25) is 0 Å². The van der Waals surface area contributed by atoms with Gasteiger partial charge in [-0.15, -0.1) is 0 Å². The van der Waals surface area contributed by atoms with Crippen LogP contribution in [-0.4, -0.2) is 22.3 Å². The first-order valence-corrected chi connectivity index (χ1v) is 8.30. The third-order valence-electron chi connectivity index (χ3n) is 3.66. The zero-order chi connectivity index (χ0) is 19.9. The van der Waals surface area contributed by atoms with Gasteiger partial charge in [-0.05, 0) is 41.5 Å². The number of amides is 1. The van der Waals surface area contributed by atoms with Gasteiger partial charge in [-0.3, -0.25) is 9.48 Å². The Labute approximate surface area is 159 Å². The molecule has 2 aromatic carbocycles. The fraction of sp³-hybridized carbons (Fsp3) is 0.100. The first-order chi connectivity index (χ1) is 13.5. The number of carbonyl (C=O) groups excluding carboxylic acids is 1. The normalized spacial score (nSPS) is 11.1. The Morgan fingerprint density at radius 3 is 2.68 bits per heavy atom. The molecule has 0 saturated carbocycles. The molecule has 0 spiro atoms. The fourth-order valence-electron chi connectivity index (χ4n) is 2.44. The molecule has 144 valence electrons. The Morgan fingerprint density at radius 1 is 1.18 bits per heavy atom. The van der Waals surface area contributed by atoms with E-state index in [-0.39, 0.29) is 11.6 Å². The maximum Gasteiger partial charge on any atom is 0.387 e. The van der Waals surface area contributed by atoms with Gasteiger partial charge in [0.05, 0.1) is 6.54 Å². The number of halogens is 3. The smallest absolute Gasteiger partial charge is 0.387 e. The van der Waals surface area contributed by atoms with Crippen molar-refractivity contribution in [3.05, 3.63) is 83.8 Å². The van der Waals surface area contributed by atoms with Crippen LogP contribution in [0.5, 0.6) is 5.75 Å². The number of nitrogens with zero attached hydrogens (tertiary/aromatic N) is 2. The second-order valence-electron chi connectivity index (χ2n) is 5.80. The number of nitrogens with one attached hydrogen (secondary N) is 1. The predicted molar refractivity (Wildman–Crippen MR) is 98.5 cm³/mol. The molecule has 0 aliphatic carbocycles. The molecule has 0 fully saturated rings. The summed E-state index contributed by atoms with van der Waals surface area (Å²) in [5, 5.41) is 6.82. The van der Waals surface area contributed by atoms with E-state index >= 15 is 0 Å². The average Bonchev–Trinajstić information content (AvgIpc) is 3.07. The van der Waals surface area contributed by atoms with Crippen molar-refractivity contribution in [2.45, 2.75) is 13.2 Å². The lowest BCUT2D eigenvalue weighted by atomic mass is 10.2. The van der Waals surface area contributed by atoms with Crippen molar-refractivity contribution in [1.29, 1.82) is 0 Å². The zero-order valence-corrected chi connectivity index (χ0v) is 14.6. The van der Waals surface area contributed by atoms with Gasteiger partial charge >= 0.3 is 6.61 Å². The number of rotatable bonds is 7. The average molecular weight is 387 g/mol. The van der Waals surface area contributed by atoms with E-state index in [1.165, 1.54) is 36.4 Å². The first-order valence-electron chi connectivity index (χ1n) is 8.30. The van der Waals surface area contributed by atoms with Crippen LogP contribution in [0.4, 0.5) is 19.0 Å². The van der Waals surface area contributed by atoms with Crippen molar-refractivity contribution in [1.82, 2.24) is 9.78 Å². The van der Waals surface area contributed by atoms with Gasteiger partial charge in [0, 0.05) is 18.3 Å². The summed E-state index contributed by atoms with van der Waals surface area (Å²) in [6.07, 6.45) is 4.51. The van der Waals surface area contributed by atoms with Crippen molar-refractivity contribution in [2.24, 2.45) is 0 Å². The van der Waals surface area contributed by atoms with E-state index in [2.05, 4.69) is 15.2 Å². The molecule has 5 nitrogen and oxygen atoms in total. The van der Waals surface area contributed by atoms with Crippen molar-refractivity contribution in [3.63, 3.8) is 0 Å². The Balaban J connectivity index is 1.55. The van der Waals surface area contributed by atoms with Gasteiger partial charge in [0.2, 0.25) is 5.91 Å². The largest absolute Gasteiger partial charge is 0.435 e. The molecule has 1 amide bonds. The monoisotopic (exact) mass is 387 g/mol. The van der Waals surface area contributed by atoms with Gasteiger partial charge < -0.3 is 10.1 Å². The molecule has 0 aliphatic rings. The molecule has 28 heavy (non-hydrogen) atoms. The number of anilines is 1. The van der Waals surface area contributed by atoms with Crippen molar-refractivity contribution < 1.29 is 22.7 Å². The quantitative estimate of drug-likeness (QED) is 0.614. The van der Waals surface area contributed by atoms with Crippen LogP contribution >= 0.6 is 0 Å². The minimum Gasteiger partial charge on any atom is -0.435 e. The van der Waals surface area contributed by atoms with Crippen LogP contribution in [0.1, 0.15) is 11.1 Å². The van der Waals surface area contributed by atoms with Gasteiger partial charge in [-0.2, -0.15) is 13.9 Å². The third kappa shape index (κ3) is 5.73. The van der Waals surface area contributed by atoms with Crippen LogP contribution in [0.3, 0.4) is 0 Å². The second-order valence-corrected chi connectivity index (χ2v) is 5.80. The van der Waals surface area contributed by atoms with Gasteiger partial charge in [0.15, 0.2) is 5.82 Å². The van der Waals surface area contributed by atoms with E-state index in [1.807, 2.05) is 0 Å². The van der Waals surface area contributed by atoms with Gasteiger partial charge in [0.25, 0.3) is 0 Å². The zero-order valence-electron chi connectivity index (χ0n) is 14.6. The number of aromatic nitrogens is 2. The van der Waals surface area contributed by atoms with Crippen molar-refractivity contribution >= 4 is 17.8 Å². The van der Waals surface area contributed by atoms with E-state index in [1.54, 1.807) is 41.2 Å². The highest BCUT2D eigenvalue weighted by atomic mass is 19.3. The van der Waals surface area contributed by atoms with E-state index in [9.17, 15) is 18.0 Å². The van der Waals surface area contributed by atoms with Gasteiger partial charge in [0.1, 0.15) is 11.6 Å². The summed E-state index contributed by atoms with van der Waals surface area (Å²) in [6, 6.07) is 13.7. The summed E-state index contributed by atoms with van der Waals surface area (Å²) in [4.78, 5) is 12.0. The SMILES string of the molecule is O=C(/C=C\c1ccc(OC(F)F)cc1)Nc1ccn(Cc2cccc(F)c2)n1. The summed E-state index contributed by atoms with van der Waals surface area (Å²) >= 11 is 0. The van der Waals surface area contributed by atoms with Crippen molar-refractivity contribution in [2.75, 3.05) is 5.32 Å². The minimum atomic E-state index is -2.88. The molecular formula is C20H16F3N3O2. The summed E-state index contributed by atoms with van der Waals surface area (Å²) in [7, 11) is 0. The summed E-state index contributed by atoms with van der Waals surface area (Å²) in [5.74, 6) is -0.326. The highest BCUT2D eigenvalue weighted by Crippen LogP contribution is 2.15. The van der Waals surface area contributed by atoms with E-state index in [0.717, 1.165) is 5.56 Å². The number of alkyl halides is 2. The number of ether oxygens (including phenoxy) is 1. The molecule has 3 aromatic rings. The van der Waals surface area contributed by atoms with E-state index in [0.29, 0.717) is 17.9 Å². The standard InChI is InChI=1S/C20H16F3N3O2/c21-16-3-1-2-15(12-16)13-26-11-10-18(25-26)24-19(27)9-6-14-4-7-17(8-5-14)28-20(22)23/h1-12,20H,13H2,(H,24,25,27)/b9-6-. The molecule has 8 heteroatoms. The number of hydrogen-bond donors (Lipinski definition) is 1. The molecule has 0 saturated heterocycles. The molecule has 0 radical (unpaired) electrons. The molecule has 0 atom stereocenters. The molecule has 1 heterocycles. The summed E-state index contributed by atoms with van der Waals surface area (Å²) < 4.78 is 43.3. The minimum absolute atomic E-state index is 0.0421. The Bertz CT molecular complexity index is 969. The molecule has 0 bridgehead atoms. The van der Waals surface area contributed by atoms with Crippen molar-refractivity contribution in [3.8, 4) is 5.75 Å². The topological polar surface area (TPSA) is 56.1 Å². The molecule has 0 aliphatic heterocycles. The predicted octanol–water partition coefficient (Wildman–Crippen LogP) is 4.32. The van der Waals surface area contributed by atoms with E-state index in [4.69, 9.17) is 0 Å². The fourth-order valence-corrected chi connectivity index (χ4v) is 2.44. The number of carbonyl (C=O) groups is 1. The molecule has 1 N–H and O–H groups in total. The Hall–Kier alpha value is -3.55. The highest BCUT2D eigenvalue weighted by molar-refractivity contribution is 6.01. The van der Waals surface area contributed by atoms with Crippen LogP contribution in [-0.2, 0) is 11.3 Å². The molecule has 1 aromatic heterocycles. The van der Waals surface area contributed by atoms with E-state index < -0.39 is 12.5 Å². The molecule has 3 rings (SSSR count). The van der Waals surface area contributed by atoms with Gasteiger partial charge in [-0.25, -0.2) is 4.39 Å². The lowest BCUT2D eigenvalue weighted by Gasteiger charge is -2.03. The van der Waals surface area contributed by atoms with Crippen LogP contribution in [0.25, 0.3) is 6.08 Å². The summed E-state index contributed by atoms with van der Waals surface area (Å²) in [6.45, 7) is -2.51. The Kier molecular flexibility index (Phi) is 6.11. The van der Waals surface area contributed by atoms with Crippen LogP contribution in [0, 0.1) is 5.82 Å². The van der Waals surface area contributed by atoms with Crippen LogP contribution < -0.4 is 10.1 Å². The number of hydrogen-bond acceptors (Lipinski definition) is 3. The second kappa shape index (κ2) is 8.90. The summed E-state index contributed by atoms with van der Waals surface area (Å²) in [5.41, 5.74) is 1.40. The van der Waals surface area contributed by atoms with Crippen LogP contribution in [0.15, 0.2) is 66.9 Å². The first kappa shape index (κ1) is 19.2. The lowest BCUT2D eigenvalue weighted by Crippen LogP contribution is -2.09.